The van der Waals surface area contributed by atoms with Crippen LogP contribution in [0.5, 0.6) is 11.5 Å². The van der Waals surface area contributed by atoms with Crippen molar-refractivity contribution < 1.29 is 23.8 Å². The molecule has 1 N–H and O–H groups in total. The number of carbonyl (C=O) groups is 2. The molecule has 0 saturated heterocycles. The molecule has 0 fully saturated rings. The Morgan fingerprint density at radius 1 is 1.22 bits per heavy atom. The second-order valence-electron chi connectivity index (χ2n) is 5.88. The highest BCUT2D eigenvalue weighted by molar-refractivity contribution is 5.95. The van der Waals surface area contributed by atoms with Crippen LogP contribution in [-0.4, -0.2) is 54.8 Å². The standard InChI is InChI=1S/C18H20N4O5/c1-12(27-16(23)11-22(2)18-19-6-3-7-20-18)17(24)21-13-4-5-14-15(10-13)26-9-8-25-14/h3-7,10,12H,8-9,11H2,1-2H3,(H,21,24)/t12-/m0/s1. The van der Waals surface area contributed by atoms with E-state index in [9.17, 15) is 9.59 Å². The average molecular weight is 372 g/mol. The lowest BCUT2D eigenvalue weighted by atomic mass is 10.2. The van der Waals surface area contributed by atoms with Crippen LogP contribution >= 0.6 is 0 Å². The van der Waals surface area contributed by atoms with Crippen molar-refractivity contribution in [1.82, 2.24) is 9.97 Å². The molecule has 142 valence electrons. The third kappa shape index (κ3) is 4.84. The highest BCUT2D eigenvalue weighted by Crippen LogP contribution is 2.32. The molecule has 27 heavy (non-hydrogen) atoms. The number of ether oxygens (including phenoxy) is 3. The number of carbonyl (C=O) groups excluding carboxylic acids is 2. The van der Waals surface area contributed by atoms with Gasteiger partial charge in [0.15, 0.2) is 17.6 Å². The predicted octanol–water partition coefficient (Wildman–Crippen LogP) is 1.25. The van der Waals surface area contributed by atoms with Crippen LogP contribution in [0.2, 0.25) is 0 Å². The van der Waals surface area contributed by atoms with Crippen LogP contribution in [0.4, 0.5) is 11.6 Å². The van der Waals surface area contributed by atoms with Crippen molar-refractivity contribution in [1.29, 1.82) is 0 Å². The Morgan fingerprint density at radius 2 is 1.93 bits per heavy atom. The van der Waals surface area contributed by atoms with Gasteiger partial charge >= 0.3 is 5.97 Å². The van der Waals surface area contributed by atoms with Crippen LogP contribution in [0.15, 0.2) is 36.7 Å². The summed E-state index contributed by atoms with van der Waals surface area (Å²) in [5.74, 6) is 0.578. The van der Waals surface area contributed by atoms with Gasteiger partial charge in [0, 0.05) is 31.2 Å². The molecule has 3 rings (SSSR count). The van der Waals surface area contributed by atoms with Crippen molar-refractivity contribution in [3.8, 4) is 11.5 Å². The summed E-state index contributed by atoms with van der Waals surface area (Å²) in [5, 5.41) is 2.69. The number of esters is 1. The third-order valence-electron chi connectivity index (χ3n) is 3.75. The molecule has 2 aromatic rings. The van der Waals surface area contributed by atoms with Crippen LogP contribution in [-0.2, 0) is 14.3 Å². The highest BCUT2D eigenvalue weighted by atomic mass is 16.6. The molecule has 0 bridgehead atoms. The van der Waals surface area contributed by atoms with Gasteiger partial charge < -0.3 is 24.4 Å². The number of anilines is 2. The van der Waals surface area contributed by atoms with Crippen molar-refractivity contribution in [3.63, 3.8) is 0 Å². The fourth-order valence-corrected chi connectivity index (χ4v) is 2.41. The second-order valence-corrected chi connectivity index (χ2v) is 5.88. The van der Waals surface area contributed by atoms with E-state index in [1.807, 2.05) is 0 Å². The number of amides is 1. The van der Waals surface area contributed by atoms with Gasteiger partial charge in [0.05, 0.1) is 0 Å². The average Bonchev–Trinajstić information content (AvgIpc) is 2.68. The van der Waals surface area contributed by atoms with Crippen molar-refractivity contribution in [2.75, 3.05) is 37.0 Å². The smallest absolute Gasteiger partial charge is 0.326 e. The number of aromatic nitrogens is 2. The number of hydrogen-bond acceptors (Lipinski definition) is 8. The maximum absolute atomic E-state index is 12.3. The summed E-state index contributed by atoms with van der Waals surface area (Å²) in [7, 11) is 1.66. The van der Waals surface area contributed by atoms with Gasteiger partial charge in [0.25, 0.3) is 5.91 Å². The summed E-state index contributed by atoms with van der Waals surface area (Å²) in [6.07, 6.45) is 2.19. The monoisotopic (exact) mass is 372 g/mol. The zero-order valence-corrected chi connectivity index (χ0v) is 15.0. The third-order valence-corrected chi connectivity index (χ3v) is 3.75. The SMILES string of the molecule is C[C@H](OC(=O)CN(C)c1ncccn1)C(=O)Nc1ccc2c(c1)OCCO2. The minimum absolute atomic E-state index is 0.0777. The van der Waals surface area contributed by atoms with Crippen LogP contribution < -0.4 is 19.7 Å². The first kappa shape index (κ1) is 18.4. The molecule has 1 aliphatic rings. The topological polar surface area (TPSA) is 103 Å². The number of benzene rings is 1. The Bertz CT molecular complexity index is 815. The van der Waals surface area contributed by atoms with Crippen LogP contribution in [0.25, 0.3) is 0 Å². The van der Waals surface area contributed by atoms with Gasteiger partial charge in [-0.1, -0.05) is 0 Å². The van der Waals surface area contributed by atoms with E-state index < -0.39 is 18.0 Å². The maximum atomic E-state index is 12.3. The molecule has 1 aliphatic heterocycles. The number of rotatable bonds is 6. The highest BCUT2D eigenvalue weighted by Gasteiger charge is 2.20. The lowest BCUT2D eigenvalue weighted by Gasteiger charge is -2.20. The Labute approximate surface area is 156 Å². The molecule has 0 radical (unpaired) electrons. The molecule has 1 atom stereocenters. The first-order valence-corrected chi connectivity index (χ1v) is 8.41. The number of fused-ring (bicyclic) bond motifs is 1. The first-order chi connectivity index (χ1) is 13.0. The summed E-state index contributed by atoms with van der Waals surface area (Å²) in [6.45, 7) is 2.38. The molecule has 9 nitrogen and oxygen atoms in total. The number of hydrogen-bond donors (Lipinski definition) is 1. The normalized spacial score (nSPS) is 13.4. The number of nitrogens with one attached hydrogen (secondary N) is 1. The van der Waals surface area contributed by atoms with Crippen LogP contribution in [0.3, 0.4) is 0 Å². The lowest BCUT2D eigenvalue weighted by molar-refractivity contribution is -0.151. The summed E-state index contributed by atoms with van der Waals surface area (Å²) < 4.78 is 16.1. The largest absolute Gasteiger partial charge is 0.486 e. The molecule has 1 aromatic carbocycles. The molecule has 0 saturated carbocycles. The predicted molar refractivity (Wildman–Crippen MR) is 96.9 cm³/mol. The van der Waals surface area contributed by atoms with E-state index in [-0.39, 0.29) is 6.54 Å². The van der Waals surface area contributed by atoms with E-state index in [1.54, 1.807) is 43.7 Å². The summed E-state index contributed by atoms with van der Waals surface area (Å²) >= 11 is 0. The van der Waals surface area contributed by atoms with E-state index >= 15 is 0 Å². The maximum Gasteiger partial charge on any atom is 0.326 e. The number of nitrogens with zero attached hydrogens (tertiary/aromatic N) is 3. The van der Waals surface area contributed by atoms with Crippen LogP contribution in [0, 0.1) is 0 Å². The van der Waals surface area contributed by atoms with Gasteiger partial charge in [-0.15, -0.1) is 0 Å². The van der Waals surface area contributed by atoms with Gasteiger partial charge in [-0.05, 0) is 25.1 Å². The van der Waals surface area contributed by atoms with Crippen molar-refractivity contribution >= 4 is 23.5 Å². The zero-order valence-electron chi connectivity index (χ0n) is 15.0. The fraction of sp³-hybridized carbons (Fsp3) is 0.333. The second kappa shape index (κ2) is 8.35. The number of likely N-dealkylation sites (N-methyl/N-ethyl adjacent to an activating group) is 1. The van der Waals surface area contributed by atoms with Gasteiger partial charge in [-0.25, -0.2) is 9.97 Å². The quantitative estimate of drug-likeness (QED) is 0.756. The fourth-order valence-electron chi connectivity index (χ4n) is 2.41. The summed E-state index contributed by atoms with van der Waals surface area (Å²) in [6, 6.07) is 6.76. The van der Waals surface area contributed by atoms with Gasteiger partial charge in [0.1, 0.15) is 19.8 Å². The van der Waals surface area contributed by atoms with Crippen LogP contribution in [0.1, 0.15) is 6.92 Å². The minimum Gasteiger partial charge on any atom is -0.486 e. The van der Waals surface area contributed by atoms with Gasteiger partial charge in [-0.2, -0.15) is 0 Å². The molecule has 1 amide bonds. The van der Waals surface area contributed by atoms with E-state index in [4.69, 9.17) is 14.2 Å². The molecule has 0 unspecified atom stereocenters. The van der Waals surface area contributed by atoms with E-state index in [0.717, 1.165) is 0 Å². The molecule has 1 aromatic heterocycles. The van der Waals surface area contributed by atoms with Crippen molar-refractivity contribution in [2.45, 2.75) is 13.0 Å². The Morgan fingerprint density at radius 3 is 2.67 bits per heavy atom. The van der Waals surface area contributed by atoms with Gasteiger partial charge in [0.2, 0.25) is 5.95 Å². The lowest BCUT2D eigenvalue weighted by Crippen LogP contribution is -2.35. The summed E-state index contributed by atoms with van der Waals surface area (Å²) in [5.41, 5.74) is 0.530. The minimum atomic E-state index is -0.962. The van der Waals surface area contributed by atoms with E-state index in [2.05, 4.69) is 15.3 Å². The van der Waals surface area contributed by atoms with E-state index in [1.165, 1.54) is 11.8 Å². The Kier molecular flexibility index (Phi) is 5.70. The zero-order chi connectivity index (χ0) is 19.2. The summed E-state index contributed by atoms with van der Waals surface area (Å²) in [4.78, 5) is 33.9. The molecule has 0 spiro atoms. The molecule has 0 aliphatic carbocycles. The molecule has 2 heterocycles. The molecular formula is C18H20N4O5. The Balaban J connectivity index is 1.52. The van der Waals surface area contributed by atoms with Gasteiger partial charge in [-0.3, -0.25) is 9.59 Å². The van der Waals surface area contributed by atoms with Crippen molar-refractivity contribution in [3.05, 3.63) is 36.7 Å². The molecule has 9 heteroatoms. The van der Waals surface area contributed by atoms with E-state index in [0.29, 0.717) is 36.3 Å². The van der Waals surface area contributed by atoms with Crippen molar-refractivity contribution in [2.24, 2.45) is 0 Å². The first-order valence-electron chi connectivity index (χ1n) is 8.41. The Hall–Kier alpha value is -3.36. The molecular weight excluding hydrogens is 352 g/mol.